The van der Waals surface area contributed by atoms with Crippen LogP contribution in [0, 0.1) is 0 Å². The van der Waals surface area contributed by atoms with Crippen molar-refractivity contribution in [3.63, 3.8) is 0 Å². The van der Waals surface area contributed by atoms with Crippen LogP contribution in [0.3, 0.4) is 0 Å². The molecule has 0 bridgehead atoms. The number of benzene rings is 1. The topological polar surface area (TPSA) is 108 Å². The van der Waals surface area contributed by atoms with Gasteiger partial charge < -0.3 is 18.9 Å². The highest BCUT2D eigenvalue weighted by molar-refractivity contribution is 5.95. The molecule has 1 saturated heterocycles. The number of hydrogen-bond donors (Lipinski definition) is 0. The number of carbonyl (C=O) groups excluding carboxylic acids is 3. The predicted molar refractivity (Wildman–Crippen MR) is 117 cm³/mol. The first-order valence-electron chi connectivity index (χ1n) is 10.4. The molecule has 33 heavy (non-hydrogen) atoms. The molecular weight excluding hydrogens is 430 g/mol. The summed E-state index contributed by atoms with van der Waals surface area (Å²) in [4.78, 5) is 41.5. The summed E-state index contributed by atoms with van der Waals surface area (Å²) >= 11 is 0. The van der Waals surface area contributed by atoms with Gasteiger partial charge >= 0.3 is 5.97 Å². The predicted octanol–water partition coefficient (Wildman–Crippen LogP) is 2.12. The lowest BCUT2D eigenvalue weighted by Gasteiger charge is -2.27. The van der Waals surface area contributed by atoms with Crippen LogP contribution in [0.15, 0.2) is 30.5 Å². The molecule has 0 N–H and O–H groups in total. The van der Waals surface area contributed by atoms with E-state index in [-0.39, 0.29) is 23.6 Å². The number of hydrazine groups is 1. The molecule has 0 radical (unpaired) electrons. The van der Waals surface area contributed by atoms with Crippen LogP contribution in [-0.2, 0) is 16.0 Å². The van der Waals surface area contributed by atoms with E-state index in [9.17, 15) is 14.4 Å². The van der Waals surface area contributed by atoms with Gasteiger partial charge in [0.1, 0.15) is 5.69 Å². The van der Waals surface area contributed by atoms with Crippen LogP contribution in [0.5, 0.6) is 17.2 Å². The third kappa shape index (κ3) is 5.16. The van der Waals surface area contributed by atoms with Crippen molar-refractivity contribution in [3.8, 4) is 17.2 Å². The maximum absolute atomic E-state index is 12.9. The molecule has 1 aliphatic rings. The van der Waals surface area contributed by atoms with Crippen molar-refractivity contribution in [2.75, 3.05) is 41.5 Å². The third-order valence-electron chi connectivity index (χ3n) is 5.31. The fourth-order valence-electron chi connectivity index (χ4n) is 3.63. The van der Waals surface area contributed by atoms with Crippen molar-refractivity contribution in [1.29, 1.82) is 0 Å². The number of methoxy groups -OCH3 is 4. The molecule has 0 atom stereocenters. The second-order valence-electron chi connectivity index (χ2n) is 7.26. The number of ether oxygens (including phenoxy) is 4. The number of esters is 1. The highest BCUT2D eigenvalue weighted by atomic mass is 16.5. The lowest BCUT2D eigenvalue weighted by molar-refractivity contribution is -0.140. The van der Waals surface area contributed by atoms with Gasteiger partial charge in [-0.1, -0.05) is 0 Å². The summed E-state index contributed by atoms with van der Waals surface area (Å²) in [6.45, 7) is 0.856. The lowest BCUT2D eigenvalue weighted by Crippen LogP contribution is -2.45. The fraction of sp³-hybridized carbons (Fsp3) is 0.391. The Labute approximate surface area is 192 Å². The summed E-state index contributed by atoms with van der Waals surface area (Å²) < 4.78 is 20.7. The smallest absolute Gasteiger partial charge is 0.339 e. The summed E-state index contributed by atoms with van der Waals surface area (Å²) in [5, 5.41) is 2.86. The summed E-state index contributed by atoms with van der Waals surface area (Å²) in [7, 11) is 5.87. The first-order chi connectivity index (χ1) is 15.9. The molecule has 2 heterocycles. The number of aromatic nitrogens is 1. The van der Waals surface area contributed by atoms with Crippen molar-refractivity contribution >= 4 is 17.8 Å². The molecule has 10 nitrogen and oxygen atoms in total. The molecule has 3 rings (SSSR count). The van der Waals surface area contributed by atoms with Crippen molar-refractivity contribution in [3.05, 3.63) is 47.3 Å². The van der Waals surface area contributed by atoms with E-state index in [0.717, 1.165) is 5.56 Å². The minimum atomic E-state index is -0.536. The van der Waals surface area contributed by atoms with Gasteiger partial charge in [0.15, 0.2) is 11.5 Å². The SMILES string of the molecule is COC(=O)c1ccc(C(=O)N2CCCN2C(=O)CCc2cc(OC)c(OC)c(OC)c2)nc1. The zero-order valence-corrected chi connectivity index (χ0v) is 19.1. The number of aryl methyl sites for hydroxylation is 1. The van der Waals surface area contributed by atoms with Crippen molar-refractivity contribution in [1.82, 2.24) is 15.0 Å². The van der Waals surface area contributed by atoms with E-state index in [4.69, 9.17) is 14.2 Å². The normalized spacial score (nSPS) is 13.0. The summed E-state index contributed by atoms with van der Waals surface area (Å²) in [5.74, 6) is 0.395. The molecule has 1 fully saturated rings. The molecule has 1 aliphatic heterocycles. The largest absolute Gasteiger partial charge is 0.493 e. The van der Waals surface area contributed by atoms with Gasteiger partial charge in [0, 0.05) is 25.7 Å². The minimum Gasteiger partial charge on any atom is -0.493 e. The lowest BCUT2D eigenvalue weighted by atomic mass is 10.1. The van der Waals surface area contributed by atoms with Crippen LogP contribution >= 0.6 is 0 Å². The fourth-order valence-corrected chi connectivity index (χ4v) is 3.63. The van der Waals surface area contributed by atoms with Crippen LogP contribution in [0.2, 0.25) is 0 Å². The number of hydrogen-bond acceptors (Lipinski definition) is 8. The molecule has 1 aromatic carbocycles. The Morgan fingerprint density at radius 3 is 2.15 bits per heavy atom. The molecule has 0 unspecified atom stereocenters. The Morgan fingerprint density at radius 2 is 1.61 bits per heavy atom. The van der Waals surface area contributed by atoms with E-state index in [1.165, 1.54) is 56.8 Å². The Hall–Kier alpha value is -3.82. The monoisotopic (exact) mass is 457 g/mol. The maximum atomic E-state index is 12.9. The second-order valence-corrected chi connectivity index (χ2v) is 7.26. The summed E-state index contributed by atoms with van der Waals surface area (Å²) in [6, 6.07) is 6.52. The zero-order chi connectivity index (χ0) is 24.0. The van der Waals surface area contributed by atoms with Gasteiger partial charge in [-0.3, -0.25) is 19.6 Å². The van der Waals surface area contributed by atoms with Gasteiger partial charge in [-0.15, -0.1) is 0 Å². The summed E-state index contributed by atoms with van der Waals surface area (Å²) in [5.41, 5.74) is 1.23. The molecule has 2 amide bonds. The molecule has 0 spiro atoms. The number of pyridine rings is 1. The van der Waals surface area contributed by atoms with Gasteiger partial charge in [-0.05, 0) is 42.7 Å². The second kappa shape index (κ2) is 10.7. The molecule has 0 saturated carbocycles. The van der Waals surface area contributed by atoms with Crippen LogP contribution in [0.1, 0.15) is 39.3 Å². The van der Waals surface area contributed by atoms with Gasteiger partial charge in [0.05, 0.1) is 34.0 Å². The number of nitrogens with zero attached hydrogens (tertiary/aromatic N) is 3. The molecular formula is C23H27N3O7. The van der Waals surface area contributed by atoms with E-state index >= 15 is 0 Å². The van der Waals surface area contributed by atoms with Gasteiger partial charge in [-0.25, -0.2) is 9.80 Å². The van der Waals surface area contributed by atoms with E-state index < -0.39 is 11.9 Å². The molecule has 1 aromatic heterocycles. The Bertz CT molecular complexity index is 998. The van der Waals surface area contributed by atoms with E-state index in [1.54, 1.807) is 12.1 Å². The average molecular weight is 457 g/mol. The molecule has 10 heteroatoms. The van der Waals surface area contributed by atoms with E-state index in [0.29, 0.717) is 43.2 Å². The van der Waals surface area contributed by atoms with Crippen molar-refractivity contribution in [2.24, 2.45) is 0 Å². The Morgan fingerprint density at radius 1 is 0.939 bits per heavy atom. The van der Waals surface area contributed by atoms with Crippen LogP contribution < -0.4 is 14.2 Å². The Kier molecular flexibility index (Phi) is 7.70. The van der Waals surface area contributed by atoms with Crippen LogP contribution in [0.25, 0.3) is 0 Å². The minimum absolute atomic E-state index is 0.145. The first kappa shape index (κ1) is 23.8. The number of carbonyl (C=O) groups is 3. The first-order valence-corrected chi connectivity index (χ1v) is 10.4. The van der Waals surface area contributed by atoms with Gasteiger partial charge in [0.25, 0.3) is 5.91 Å². The Balaban J connectivity index is 1.69. The van der Waals surface area contributed by atoms with Crippen LogP contribution in [0.4, 0.5) is 0 Å². The van der Waals surface area contributed by atoms with E-state index in [1.807, 2.05) is 0 Å². The molecule has 0 aliphatic carbocycles. The highest BCUT2D eigenvalue weighted by Crippen LogP contribution is 2.38. The van der Waals surface area contributed by atoms with Crippen molar-refractivity contribution in [2.45, 2.75) is 19.3 Å². The molecule has 2 aromatic rings. The van der Waals surface area contributed by atoms with Gasteiger partial charge in [0.2, 0.25) is 11.7 Å². The van der Waals surface area contributed by atoms with Gasteiger partial charge in [-0.2, -0.15) is 0 Å². The standard InChI is InChI=1S/C23H27N3O7/c1-30-18-12-15(13-19(31-2)21(18)32-3)6-9-20(27)25-10-5-11-26(25)22(28)17-8-7-16(14-24-17)23(29)33-4/h7-8,12-14H,5-6,9-11H2,1-4H3. The maximum Gasteiger partial charge on any atom is 0.339 e. The number of rotatable bonds is 8. The number of amides is 2. The average Bonchev–Trinajstić information content (AvgIpc) is 3.35. The van der Waals surface area contributed by atoms with E-state index in [2.05, 4.69) is 9.72 Å². The summed E-state index contributed by atoms with van der Waals surface area (Å²) in [6.07, 6.45) is 2.57. The quantitative estimate of drug-likeness (QED) is 0.555. The zero-order valence-electron chi connectivity index (χ0n) is 19.1. The van der Waals surface area contributed by atoms with Crippen LogP contribution in [-0.4, -0.2) is 74.3 Å². The molecule has 176 valence electrons. The third-order valence-corrected chi connectivity index (χ3v) is 5.31. The highest BCUT2D eigenvalue weighted by Gasteiger charge is 2.31. The van der Waals surface area contributed by atoms with Crippen molar-refractivity contribution < 1.29 is 33.3 Å².